The van der Waals surface area contributed by atoms with E-state index in [-0.39, 0.29) is 0 Å². The molecule has 0 aromatic rings. The first-order chi connectivity index (χ1) is 4.76. The molecule has 0 aromatic heterocycles. The van der Waals surface area contributed by atoms with E-state index in [1.165, 1.54) is 0 Å². The van der Waals surface area contributed by atoms with Crippen LogP contribution in [0.3, 0.4) is 0 Å². The van der Waals surface area contributed by atoms with Crippen molar-refractivity contribution in [2.45, 2.75) is 33.1 Å². The Morgan fingerprint density at radius 1 is 1.50 bits per heavy atom. The van der Waals surface area contributed by atoms with Gasteiger partial charge in [-0.25, -0.2) is 0 Å². The fourth-order valence-electron chi connectivity index (χ4n) is 1.05. The second-order valence-corrected chi connectivity index (χ2v) is 3.05. The summed E-state index contributed by atoms with van der Waals surface area (Å²) in [6, 6.07) is 0. The van der Waals surface area contributed by atoms with Crippen LogP contribution in [0, 0.1) is 5.92 Å². The maximum Gasteiger partial charge on any atom is 0.146 e. The van der Waals surface area contributed by atoms with Crippen LogP contribution in [-0.4, -0.2) is 11.1 Å². The van der Waals surface area contributed by atoms with Crippen molar-refractivity contribution in [3.63, 3.8) is 0 Å². The van der Waals surface area contributed by atoms with Crippen LogP contribution in [0.15, 0.2) is 0 Å². The van der Waals surface area contributed by atoms with E-state index in [1.807, 2.05) is 0 Å². The average molecular weight is 207 g/mol. The molecule has 1 atom stereocenters. The Bertz CT molecular complexity index is 101. The van der Waals surface area contributed by atoms with Crippen molar-refractivity contribution in [2.75, 3.05) is 5.33 Å². The quantitative estimate of drug-likeness (QED) is 0.633. The molecule has 0 N–H and O–H groups in total. The van der Waals surface area contributed by atoms with Crippen LogP contribution >= 0.6 is 15.9 Å². The van der Waals surface area contributed by atoms with E-state index in [0.717, 1.165) is 19.3 Å². The first-order valence-electron chi connectivity index (χ1n) is 3.84. The number of Topliss-reactive ketones (excluding diaryl/α,β-unsaturated/α-hetero) is 1. The lowest BCUT2D eigenvalue weighted by atomic mass is 9.97. The molecular weight excluding hydrogens is 192 g/mol. The summed E-state index contributed by atoms with van der Waals surface area (Å²) < 4.78 is 0. The summed E-state index contributed by atoms with van der Waals surface area (Å²) in [5, 5.41) is 0.519. The zero-order chi connectivity index (χ0) is 7.98. The van der Waals surface area contributed by atoms with Gasteiger partial charge in [-0.3, -0.25) is 4.79 Å². The monoisotopic (exact) mass is 206 g/mol. The lowest BCUT2D eigenvalue weighted by molar-refractivity contribution is -0.120. The molecule has 0 amide bonds. The molecule has 0 bridgehead atoms. The van der Waals surface area contributed by atoms with Crippen LogP contribution in [0.4, 0.5) is 0 Å². The molecule has 0 fully saturated rings. The minimum absolute atomic E-state index is 0.296. The number of rotatable bonds is 5. The highest BCUT2D eigenvalue weighted by molar-refractivity contribution is 9.09. The molecule has 0 aliphatic rings. The Balaban J connectivity index is 3.68. The van der Waals surface area contributed by atoms with Crippen LogP contribution in [-0.2, 0) is 4.79 Å². The Hall–Kier alpha value is 0.150. The molecule has 0 radical (unpaired) electrons. The summed E-state index contributed by atoms with van der Waals surface area (Å²) in [6.07, 6.45) is 3.14. The second-order valence-electron chi connectivity index (χ2n) is 2.49. The van der Waals surface area contributed by atoms with Gasteiger partial charge in [-0.15, -0.1) is 0 Å². The normalized spacial score (nSPS) is 13.1. The molecule has 2 heteroatoms. The molecule has 0 rings (SSSR count). The van der Waals surface area contributed by atoms with E-state index in [9.17, 15) is 4.79 Å². The standard InChI is InChI=1S/C8H15BrO/c1-3-5-7(4-2)8(10)6-9/h7H,3-6H2,1-2H3. The summed E-state index contributed by atoms with van der Waals surface area (Å²) in [4.78, 5) is 11.1. The van der Waals surface area contributed by atoms with Gasteiger partial charge in [0, 0.05) is 5.92 Å². The van der Waals surface area contributed by atoms with Crippen molar-refractivity contribution in [1.29, 1.82) is 0 Å². The molecule has 0 aliphatic carbocycles. The number of carbonyl (C=O) groups excluding carboxylic acids is 1. The third kappa shape index (κ3) is 3.35. The highest BCUT2D eigenvalue weighted by Gasteiger charge is 2.12. The summed E-state index contributed by atoms with van der Waals surface area (Å²) in [7, 11) is 0. The number of halogens is 1. The largest absolute Gasteiger partial charge is 0.298 e. The van der Waals surface area contributed by atoms with Crippen molar-refractivity contribution in [3.8, 4) is 0 Å². The van der Waals surface area contributed by atoms with Crippen molar-refractivity contribution >= 4 is 21.7 Å². The molecule has 0 saturated carbocycles. The first kappa shape index (κ1) is 10.2. The Morgan fingerprint density at radius 2 is 2.10 bits per heavy atom. The number of hydrogen-bond donors (Lipinski definition) is 0. The minimum atomic E-state index is 0.296. The molecule has 1 nitrogen and oxygen atoms in total. The highest BCUT2D eigenvalue weighted by atomic mass is 79.9. The molecule has 1 unspecified atom stereocenters. The average Bonchev–Trinajstić information content (AvgIpc) is 1.99. The summed E-state index contributed by atoms with van der Waals surface area (Å²) >= 11 is 3.18. The molecule has 0 aromatic carbocycles. The lowest BCUT2D eigenvalue weighted by Crippen LogP contribution is -2.14. The second kappa shape index (κ2) is 5.90. The fraction of sp³-hybridized carbons (Fsp3) is 0.875. The van der Waals surface area contributed by atoms with Crippen LogP contribution in [0.2, 0.25) is 0 Å². The number of ketones is 1. The Morgan fingerprint density at radius 3 is 2.40 bits per heavy atom. The molecule has 60 valence electrons. The van der Waals surface area contributed by atoms with Crippen molar-refractivity contribution in [2.24, 2.45) is 5.92 Å². The highest BCUT2D eigenvalue weighted by Crippen LogP contribution is 2.12. The van der Waals surface area contributed by atoms with Crippen molar-refractivity contribution in [3.05, 3.63) is 0 Å². The third-order valence-corrected chi connectivity index (χ3v) is 2.27. The summed E-state index contributed by atoms with van der Waals surface area (Å²) in [5.41, 5.74) is 0. The van der Waals surface area contributed by atoms with Gasteiger partial charge in [0.1, 0.15) is 5.78 Å². The van der Waals surface area contributed by atoms with Gasteiger partial charge in [-0.05, 0) is 12.8 Å². The molecule has 0 aliphatic heterocycles. The lowest BCUT2D eigenvalue weighted by Gasteiger charge is -2.09. The van der Waals surface area contributed by atoms with Crippen LogP contribution < -0.4 is 0 Å². The smallest absolute Gasteiger partial charge is 0.146 e. The predicted molar refractivity (Wildman–Crippen MR) is 47.5 cm³/mol. The van der Waals surface area contributed by atoms with E-state index in [0.29, 0.717) is 17.0 Å². The topological polar surface area (TPSA) is 17.1 Å². The van der Waals surface area contributed by atoms with Crippen LogP contribution in [0.25, 0.3) is 0 Å². The zero-order valence-corrected chi connectivity index (χ0v) is 8.28. The first-order valence-corrected chi connectivity index (χ1v) is 4.97. The maximum atomic E-state index is 11.1. The number of alkyl halides is 1. The van der Waals surface area contributed by atoms with Gasteiger partial charge in [0.05, 0.1) is 5.33 Å². The zero-order valence-electron chi connectivity index (χ0n) is 6.69. The predicted octanol–water partition coefficient (Wildman–Crippen LogP) is 2.78. The van der Waals surface area contributed by atoms with Crippen LogP contribution in [0.1, 0.15) is 33.1 Å². The number of carbonyl (C=O) groups is 1. The van der Waals surface area contributed by atoms with Crippen molar-refractivity contribution in [1.82, 2.24) is 0 Å². The molecule has 0 spiro atoms. The maximum absolute atomic E-state index is 11.1. The van der Waals surface area contributed by atoms with E-state index >= 15 is 0 Å². The van der Waals surface area contributed by atoms with Gasteiger partial charge in [0.25, 0.3) is 0 Å². The van der Waals surface area contributed by atoms with Crippen molar-refractivity contribution < 1.29 is 4.79 Å². The molecule has 10 heavy (non-hydrogen) atoms. The minimum Gasteiger partial charge on any atom is -0.298 e. The van der Waals surface area contributed by atoms with Gasteiger partial charge in [0.15, 0.2) is 0 Å². The Kier molecular flexibility index (Phi) is 5.99. The van der Waals surface area contributed by atoms with Gasteiger partial charge >= 0.3 is 0 Å². The van der Waals surface area contributed by atoms with Gasteiger partial charge in [-0.1, -0.05) is 36.2 Å². The van der Waals surface area contributed by atoms with E-state index in [1.54, 1.807) is 0 Å². The van der Waals surface area contributed by atoms with E-state index < -0.39 is 0 Å². The number of hydrogen-bond acceptors (Lipinski definition) is 1. The summed E-state index contributed by atoms with van der Waals surface area (Å²) in [6.45, 7) is 4.19. The fourth-order valence-corrected chi connectivity index (χ4v) is 1.51. The van der Waals surface area contributed by atoms with Gasteiger partial charge < -0.3 is 0 Å². The SMILES string of the molecule is CCCC(CC)C(=O)CBr. The molecular formula is C8H15BrO. The van der Waals surface area contributed by atoms with E-state index in [2.05, 4.69) is 29.8 Å². The van der Waals surface area contributed by atoms with Gasteiger partial charge in [0.2, 0.25) is 0 Å². The molecule has 0 heterocycles. The third-order valence-electron chi connectivity index (χ3n) is 1.72. The van der Waals surface area contributed by atoms with E-state index in [4.69, 9.17) is 0 Å². The van der Waals surface area contributed by atoms with Gasteiger partial charge in [-0.2, -0.15) is 0 Å². The summed E-state index contributed by atoms with van der Waals surface area (Å²) in [5.74, 6) is 0.647. The van der Waals surface area contributed by atoms with Crippen LogP contribution in [0.5, 0.6) is 0 Å². The molecule has 0 saturated heterocycles. The Labute approximate surface area is 71.3 Å².